The first-order valence-electron chi connectivity index (χ1n) is 8.78. The van der Waals surface area contributed by atoms with Gasteiger partial charge >= 0.3 is 5.97 Å². The van der Waals surface area contributed by atoms with Crippen LogP contribution in [0.1, 0.15) is 19.4 Å². The first-order chi connectivity index (χ1) is 13.0. The number of amides is 1. The second-order valence-corrected chi connectivity index (χ2v) is 7.39. The topological polar surface area (TPSA) is 64.6 Å². The molecule has 0 spiro atoms. The van der Waals surface area contributed by atoms with Crippen molar-refractivity contribution in [3.63, 3.8) is 0 Å². The number of nitrogens with one attached hydrogen (secondary N) is 1. The summed E-state index contributed by atoms with van der Waals surface area (Å²) in [6.07, 6.45) is 0. The highest BCUT2D eigenvalue weighted by Gasteiger charge is 2.25. The molecule has 0 bridgehead atoms. The summed E-state index contributed by atoms with van der Waals surface area (Å²) in [4.78, 5) is 23.9. The van der Waals surface area contributed by atoms with Crippen LogP contribution in [0, 0.1) is 0 Å². The van der Waals surface area contributed by atoms with Gasteiger partial charge < -0.3 is 14.8 Å². The Hall–Kier alpha value is -2.31. The molecule has 6 heteroatoms. The number of carbonyl (C=O) groups is 2. The first kappa shape index (κ1) is 21.0. The van der Waals surface area contributed by atoms with Gasteiger partial charge in [-0.25, -0.2) is 0 Å². The Balaban J connectivity index is 2.07. The lowest BCUT2D eigenvalue weighted by molar-refractivity contribution is -0.142. The van der Waals surface area contributed by atoms with Gasteiger partial charge in [-0.2, -0.15) is 0 Å². The number of hydrogen-bond donors (Lipinski definition) is 1. The van der Waals surface area contributed by atoms with Crippen LogP contribution in [0.4, 0.5) is 0 Å². The summed E-state index contributed by atoms with van der Waals surface area (Å²) in [7, 11) is 0. The average Bonchev–Trinajstić information content (AvgIpc) is 2.66. The van der Waals surface area contributed by atoms with Crippen molar-refractivity contribution in [2.24, 2.45) is 0 Å². The highest BCUT2D eigenvalue weighted by Crippen LogP contribution is 2.26. The first-order valence-corrected chi connectivity index (χ1v) is 9.66. The number of benzene rings is 2. The molecule has 0 saturated heterocycles. The van der Waals surface area contributed by atoms with Gasteiger partial charge in [0.05, 0.1) is 24.5 Å². The number of hydrogen-bond acceptors (Lipinski definition) is 5. The molecule has 0 fully saturated rings. The van der Waals surface area contributed by atoms with Crippen molar-refractivity contribution in [2.75, 3.05) is 13.2 Å². The Morgan fingerprint density at radius 1 is 0.963 bits per heavy atom. The molecule has 5 nitrogen and oxygen atoms in total. The van der Waals surface area contributed by atoms with E-state index >= 15 is 0 Å². The van der Waals surface area contributed by atoms with E-state index in [4.69, 9.17) is 9.47 Å². The van der Waals surface area contributed by atoms with Gasteiger partial charge in [-0.15, -0.1) is 11.8 Å². The Morgan fingerprint density at radius 2 is 1.59 bits per heavy atom. The molecule has 2 atom stereocenters. The lowest BCUT2D eigenvalue weighted by Crippen LogP contribution is -2.46. The van der Waals surface area contributed by atoms with Gasteiger partial charge in [-0.3, -0.25) is 9.59 Å². The van der Waals surface area contributed by atoms with Gasteiger partial charge in [0.2, 0.25) is 5.91 Å². The van der Waals surface area contributed by atoms with Gasteiger partial charge in [-0.1, -0.05) is 48.5 Å². The summed E-state index contributed by atoms with van der Waals surface area (Å²) in [6.45, 7) is 3.80. The predicted octanol–water partition coefficient (Wildman–Crippen LogP) is 3.43. The molecule has 0 aromatic heterocycles. The van der Waals surface area contributed by atoms with E-state index in [1.807, 2.05) is 60.7 Å². The lowest BCUT2D eigenvalue weighted by atomic mass is 10.2. The molecule has 0 saturated carbocycles. The molecule has 2 rings (SSSR count). The van der Waals surface area contributed by atoms with Gasteiger partial charge in [0.25, 0.3) is 0 Å². The van der Waals surface area contributed by atoms with Crippen molar-refractivity contribution >= 4 is 23.6 Å². The van der Waals surface area contributed by atoms with Crippen LogP contribution in [-0.2, 0) is 25.7 Å². The van der Waals surface area contributed by atoms with Crippen molar-refractivity contribution in [1.82, 2.24) is 5.32 Å². The molecule has 0 aliphatic heterocycles. The monoisotopic (exact) mass is 387 g/mol. The molecule has 2 aromatic rings. The standard InChI is InChI=1S/C21H25NO4S/c1-16(23)22-20(14-26-17(2)24)21(27-19-11-7-4-8-12-19)15-25-13-18-9-5-3-6-10-18/h3-12,20-21H,13-15H2,1-2H3,(H,22,23)/t20-,21-/m1/s1. The number of ether oxygens (including phenoxy) is 2. The minimum absolute atomic E-state index is 0.105. The normalized spacial score (nSPS) is 12.8. The summed E-state index contributed by atoms with van der Waals surface area (Å²) in [5.74, 6) is -0.548. The molecular formula is C21H25NO4S. The third-order valence-electron chi connectivity index (χ3n) is 3.73. The van der Waals surface area contributed by atoms with Crippen LogP contribution in [0.25, 0.3) is 0 Å². The molecule has 0 aliphatic carbocycles. The summed E-state index contributed by atoms with van der Waals surface area (Å²) < 4.78 is 11.1. The molecule has 0 unspecified atom stereocenters. The van der Waals surface area contributed by atoms with Crippen LogP contribution in [0.3, 0.4) is 0 Å². The summed E-state index contributed by atoms with van der Waals surface area (Å²) in [6, 6.07) is 19.4. The maximum absolute atomic E-state index is 11.6. The van der Waals surface area contributed by atoms with Gasteiger partial charge in [0.1, 0.15) is 6.61 Å². The predicted molar refractivity (Wildman–Crippen MR) is 106 cm³/mol. The smallest absolute Gasteiger partial charge is 0.302 e. The van der Waals surface area contributed by atoms with Gasteiger partial charge in [0.15, 0.2) is 0 Å². The van der Waals surface area contributed by atoms with Crippen LogP contribution in [-0.4, -0.2) is 36.4 Å². The third-order valence-corrected chi connectivity index (χ3v) is 5.04. The van der Waals surface area contributed by atoms with E-state index in [0.29, 0.717) is 13.2 Å². The van der Waals surface area contributed by atoms with Crippen LogP contribution in [0.2, 0.25) is 0 Å². The largest absolute Gasteiger partial charge is 0.464 e. The maximum atomic E-state index is 11.6. The molecule has 27 heavy (non-hydrogen) atoms. The van der Waals surface area contributed by atoms with E-state index in [0.717, 1.165) is 10.5 Å². The van der Waals surface area contributed by atoms with Crippen LogP contribution < -0.4 is 5.32 Å². The maximum Gasteiger partial charge on any atom is 0.302 e. The molecule has 0 radical (unpaired) electrons. The minimum Gasteiger partial charge on any atom is -0.464 e. The van der Waals surface area contributed by atoms with Crippen molar-refractivity contribution in [1.29, 1.82) is 0 Å². The van der Waals surface area contributed by atoms with Crippen molar-refractivity contribution in [3.8, 4) is 0 Å². The fourth-order valence-corrected chi connectivity index (χ4v) is 3.62. The molecule has 1 N–H and O–H groups in total. The zero-order chi connectivity index (χ0) is 19.5. The summed E-state index contributed by atoms with van der Waals surface area (Å²) in [5.41, 5.74) is 1.08. The minimum atomic E-state index is -0.376. The molecular weight excluding hydrogens is 362 g/mol. The van der Waals surface area contributed by atoms with E-state index < -0.39 is 0 Å². The highest BCUT2D eigenvalue weighted by atomic mass is 32.2. The van der Waals surface area contributed by atoms with Crippen molar-refractivity contribution < 1.29 is 19.1 Å². The SMILES string of the molecule is CC(=O)N[C@H](COC(C)=O)[C@@H](COCc1ccccc1)Sc1ccccc1. The Bertz CT molecular complexity index is 709. The fourth-order valence-electron chi connectivity index (χ4n) is 2.48. The zero-order valence-electron chi connectivity index (χ0n) is 15.6. The molecule has 144 valence electrons. The molecule has 0 heterocycles. The van der Waals surface area contributed by atoms with E-state index in [2.05, 4.69) is 5.32 Å². The molecule has 1 amide bonds. The Kier molecular flexibility index (Phi) is 8.87. The quantitative estimate of drug-likeness (QED) is 0.500. The number of esters is 1. The van der Waals surface area contributed by atoms with Crippen LogP contribution in [0.5, 0.6) is 0 Å². The van der Waals surface area contributed by atoms with E-state index in [-0.39, 0.29) is 29.8 Å². The van der Waals surface area contributed by atoms with E-state index in [9.17, 15) is 9.59 Å². The fraction of sp³-hybridized carbons (Fsp3) is 0.333. The third kappa shape index (κ3) is 8.28. The average molecular weight is 388 g/mol. The highest BCUT2D eigenvalue weighted by molar-refractivity contribution is 8.00. The van der Waals surface area contributed by atoms with Crippen LogP contribution in [0.15, 0.2) is 65.6 Å². The van der Waals surface area contributed by atoms with Crippen molar-refractivity contribution in [3.05, 3.63) is 66.2 Å². The van der Waals surface area contributed by atoms with Crippen molar-refractivity contribution in [2.45, 2.75) is 36.6 Å². The second kappa shape index (κ2) is 11.4. The summed E-state index contributed by atoms with van der Waals surface area (Å²) in [5, 5.41) is 2.78. The number of thioether (sulfide) groups is 1. The van der Waals surface area contributed by atoms with Gasteiger partial charge in [-0.05, 0) is 17.7 Å². The number of carbonyl (C=O) groups excluding carboxylic acids is 2. The number of rotatable bonds is 10. The van der Waals surface area contributed by atoms with E-state index in [1.54, 1.807) is 11.8 Å². The second-order valence-electron chi connectivity index (χ2n) is 6.08. The molecule has 0 aliphatic rings. The Labute approximate surface area is 164 Å². The van der Waals surface area contributed by atoms with Gasteiger partial charge in [0, 0.05) is 18.7 Å². The molecule has 2 aromatic carbocycles. The zero-order valence-corrected chi connectivity index (χ0v) is 16.4. The Morgan fingerprint density at radius 3 is 2.19 bits per heavy atom. The van der Waals surface area contributed by atoms with Crippen LogP contribution >= 0.6 is 11.8 Å². The lowest BCUT2D eigenvalue weighted by Gasteiger charge is -2.27. The summed E-state index contributed by atoms with van der Waals surface area (Å²) >= 11 is 1.59. The van der Waals surface area contributed by atoms with E-state index in [1.165, 1.54) is 13.8 Å².